The zero-order chi connectivity index (χ0) is 13.2. The van der Waals surface area contributed by atoms with Crippen molar-refractivity contribution in [1.82, 2.24) is 5.32 Å². The molecule has 1 aromatic carbocycles. The van der Waals surface area contributed by atoms with Crippen molar-refractivity contribution in [2.24, 2.45) is 5.41 Å². The van der Waals surface area contributed by atoms with E-state index < -0.39 is 0 Å². The predicted molar refractivity (Wildman–Crippen MR) is 71.8 cm³/mol. The van der Waals surface area contributed by atoms with E-state index in [0.717, 1.165) is 17.3 Å². The van der Waals surface area contributed by atoms with Gasteiger partial charge in [-0.15, -0.1) is 0 Å². The van der Waals surface area contributed by atoms with Crippen molar-refractivity contribution in [1.29, 1.82) is 0 Å². The van der Waals surface area contributed by atoms with Crippen molar-refractivity contribution in [3.63, 3.8) is 0 Å². The zero-order valence-electron chi connectivity index (χ0n) is 10.2. The molecular formula is C13H16BrNO3. The average molecular weight is 314 g/mol. The average Bonchev–Trinajstić information content (AvgIpc) is 3.16. The number of rotatable bonds is 5. The number of amides is 1. The predicted octanol–water partition coefficient (Wildman–Crippen LogP) is 1.96. The van der Waals surface area contributed by atoms with Crippen molar-refractivity contribution in [3.05, 3.63) is 28.2 Å². The van der Waals surface area contributed by atoms with E-state index in [-0.39, 0.29) is 17.9 Å². The van der Waals surface area contributed by atoms with Gasteiger partial charge in [0.2, 0.25) is 0 Å². The second-order valence-corrected chi connectivity index (χ2v) is 5.54. The summed E-state index contributed by atoms with van der Waals surface area (Å²) < 4.78 is 5.86. The molecule has 4 nitrogen and oxygen atoms in total. The van der Waals surface area contributed by atoms with E-state index >= 15 is 0 Å². The lowest BCUT2D eigenvalue weighted by molar-refractivity contribution is 0.0935. The smallest absolute Gasteiger partial charge is 0.251 e. The first-order valence-electron chi connectivity index (χ1n) is 5.83. The Hall–Kier alpha value is -1.07. The lowest BCUT2D eigenvalue weighted by atomic mass is 10.1. The van der Waals surface area contributed by atoms with Crippen LogP contribution in [0.15, 0.2) is 22.7 Å². The van der Waals surface area contributed by atoms with Crippen LogP contribution in [0.3, 0.4) is 0 Å². The topological polar surface area (TPSA) is 58.6 Å². The standard InChI is InChI=1S/C13H16BrNO3/c1-18-11-3-2-9(6-10(11)14)12(17)15-7-13(8-16)4-5-13/h2-3,6,16H,4-5,7-8H2,1H3,(H,15,17). The Balaban J connectivity index is 1.98. The van der Waals surface area contributed by atoms with E-state index in [2.05, 4.69) is 21.2 Å². The van der Waals surface area contributed by atoms with Gasteiger partial charge in [0, 0.05) is 17.5 Å². The Labute approximate surface area is 114 Å². The van der Waals surface area contributed by atoms with Crippen LogP contribution in [0.2, 0.25) is 0 Å². The van der Waals surface area contributed by atoms with Crippen molar-refractivity contribution >= 4 is 21.8 Å². The number of aliphatic hydroxyl groups is 1. The summed E-state index contributed by atoms with van der Waals surface area (Å²) in [6.45, 7) is 0.672. The van der Waals surface area contributed by atoms with Gasteiger partial charge in [0.1, 0.15) is 5.75 Å². The minimum Gasteiger partial charge on any atom is -0.496 e. The maximum atomic E-state index is 11.9. The molecule has 2 rings (SSSR count). The van der Waals surface area contributed by atoms with Crippen LogP contribution in [0.25, 0.3) is 0 Å². The minimum atomic E-state index is -0.127. The molecule has 1 saturated carbocycles. The summed E-state index contributed by atoms with van der Waals surface area (Å²) in [6.07, 6.45) is 1.96. The van der Waals surface area contributed by atoms with Crippen LogP contribution in [0, 0.1) is 5.41 Å². The molecule has 1 fully saturated rings. The molecule has 0 heterocycles. The molecule has 0 spiro atoms. The van der Waals surface area contributed by atoms with Crippen molar-refractivity contribution in [3.8, 4) is 5.75 Å². The van der Waals surface area contributed by atoms with Gasteiger partial charge in [0.05, 0.1) is 18.2 Å². The number of benzene rings is 1. The van der Waals surface area contributed by atoms with Gasteiger partial charge in [-0.2, -0.15) is 0 Å². The second-order valence-electron chi connectivity index (χ2n) is 4.69. The number of carbonyl (C=O) groups excluding carboxylic acids is 1. The molecule has 0 unspecified atom stereocenters. The third-order valence-corrected chi connectivity index (χ3v) is 3.95. The number of carbonyl (C=O) groups is 1. The molecule has 1 aromatic rings. The van der Waals surface area contributed by atoms with Gasteiger partial charge in [0.25, 0.3) is 5.91 Å². The minimum absolute atomic E-state index is 0.0701. The number of nitrogens with one attached hydrogen (secondary N) is 1. The summed E-state index contributed by atoms with van der Waals surface area (Å²) in [5.41, 5.74) is 0.510. The lowest BCUT2D eigenvalue weighted by Gasteiger charge is -2.13. The second kappa shape index (κ2) is 5.28. The summed E-state index contributed by atoms with van der Waals surface area (Å²) in [5, 5.41) is 12.0. The van der Waals surface area contributed by atoms with Gasteiger partial charge in [-0.1, -0.05) is 0 Å². The Bertz CT molecular complexity index is 458. The quantitative estimate of drug-likeness (QED) is 0.873. The van der Waals surface area contributed by atoms with Crippen LogP contribution in [-0.2, 0) is 0 Å². The molecule has 1 aliphatic rings. The Morgan fingerprint density at radius 2 is 2.28 bits per heavy atom. The summed E-state index contributed by atoms with van der Waals surface area (Å²) in [6, 6.07) is 5.20. The highest BCUT2D eigenvalue weighted by Crippen LogP contribution is 2.44. The fourth-order valence-electron chi connectivity index (χ4n) is 1.75. The van der Waals surface area contributed by atoms with Gasteiger partial charge in [-0.25, -0.2) is 0 Å². The molecule has 0 bridgehead atoms. The van der Waals surface area contributed by atoms with Gasteiger partial charge in [-0.05, 0) is 47.0 Å². The SMILES string of the molecule is COc1ccc(C(=O)NCC2(CO)CC2)cc1Br. The molecule has 0 aromatic heterocycles. The number of hydrogen-bond donors (Lipinski definition) is 2. The molecule has 0 atom stereocenters. The van der Waals surface area contributed by atoms with Crippen molar-refractivity contribution < 1.29 is 14.6 Å². The maximum Gasteiger partial charge on any atom is 0.251 e. The Kier molecular flexibility index (Phi) is 3.92. The summed E-state index contributed by atoms with van der Waals surface area (Å²) in [7, 11) is 1.58. The molecular weight excluding hydrogens is 298 g/mol. The van der Waals surface area contributed by atoms with Crippen LogP contribution in [0.5, 0.6) is 5.75 Å². The molecule has 18 heavy (non-hydrogen) atoms. The van der Waals surface area contributed by atoms with Gasteiger partial charge in [-0.3, -0.25) is 4.79 Å². The van der Waals surface area contributed by atoms with E-state index in [1.807, 2.05) is 0 Å². The molecule has 98 valence electrons. The fourth-order valence-corrected chi connectivity index (χ4v) is 2.29. The van der Waals surface area contributed by atoms with E-state index in [0.29, 0.717) is 17.9 Å². The molecule has 1 amide bonds. The highest BCUT2D eigenvalue weighted by molar-refractivity contribution is 9.10. The first kappa shape index (κ1) is 13.4. The zero-order valence-corrected chi connectivity index (χ0v) is 11.8. The molecule has 2 N–H and O–H groups in total. The normalized spacial score (nSPS) is 16.2. The van der Waals surface area contributed by atoms with Crippen LogP contribution in [0.1, 0.15) is 23.2 Å². The van der Waals surface area contributed by atoms with E-state index in [4.69, 9.17) is 4.74 Å². The van der Waals surface area contributed by atoms with E-state index in [1.165, 1.54) is 0 Å². The van der Waals surface area contributed by atoms with E-state index in [9.17, 15) is 9.90 Å². The van der Waals surface area contributed by atoms with Crippen LogP contribution < -0.4 is 10.1 Å². The highest BCUT2D eigenvalue weighted by atomic mass is 79.9. The molecule has 0 saturated heterocycles. The van der Waals surface area contributed by atoms with Crippen LogP contribution in [-0.4, -0.2) is 31.3 Å². The van der Waals surface area contributed by atoms with Crippen molar-refractivity contribution in [2.45, 2.75) is 12.8 Å². The fraction of sp³-hybridized carbons (Fsp3) is 0.462. The maximum absolute atomic E-state index is 11.9. The van der Waals surface area contributed by atoms with Gasteiger partial charge in [0.15, 0.2) is 0 Å². The first-order valence-corrected chi connectivity index (χ1v) is 6.62. The Morgan fingerprint density at radius 3 is 2.78 bits per heavy atom. The third kappa shape index (κ3) is 2.84. The molecule has 0 radical (unpaired) electrons. The molecule has 0 aliphatic heterocycles. The van der Waals surface area contributed by atoms with Crippen LogP contribution >= 0.6 is 15.9 Å². The number of methoxy groups -OCH3 is 1. The first-order chi connectivity index (χ1) is 8.60. The van der Waals surface area contributed by atoms with Crippen molar-refractivity contribution in [2.75, 3.05) is 20.3 Å². The summed E-state index contributed by atoms with van der Waals surface area (Å²) in [5.74, 6) is 0.568. The molecule has 5 heteroatoms. The third-order valence-electron chi connectivity index (χ3n) is 3.33. The van der Waals surface area contributed by atoms with Gasteiger partial charge >= 0.3 is 0 Å². The molecule has 1 aliphatic carbocycles. The number of hydrogen-bond acceptors (Lipinski definition) is 3. The number of ether oxygens (including phenoxy) is 1. The monoisotopic (exact) mass is 313 g/mol. The summed E-state index contributed by atoms with van der Waals surface area (Å²) in [4.78, 5) is 11.9. The highest BCUT2D eigenvalue weighted by Gasteiger charge is 2.42. The van der Waals surface area contributed by atoms with Crippen LogP contribution in [0.4, 0.5) is 0 Å². The number of halogens is 1. The van der Waals surface area contributed by atoms with E-state index in [1.54, 1.807) is 25.3 Å². The summed E-state index contributed by atoms with van der Waals surface area (Å²) >= 11 is 3.35. The largest absolute Gasteiger partial charge is 0.496 e. The lowest BCUT2D eigenvalue weighted by Crippen LogP contribution is -2.31. The number of aliphatic hydroxyl groups excluding tert-OH is 1. The van der Waals surface area contributed by atoms with Gasteiger partial charge < -0.3 is 15.2 Å². The Morgan fingerprint density at radius 1 is 1.56 bits per heavy atom.